The van der Waals surface area contributed by atoms with Gasteiger partial charge in [0.1, 0.15) is 0 Å². The summed E-state index contributed by atoms with van der Waals surface area (Å²) in [5.41, 5.74) is 3.46. The summed E-state index contributed by atoms with van der Waals surface area (Å²) in [6, 6.07) is 19.7. The van der Waals surface area contributed by atoms with Gasteiger partial charge >= 0.3 is 0 Å². The molecule has 8 heteroatoms. The molecule has 0 saturated carbocycles. The fourth-order valence-corrected chi connectivity index (χ4v) is 5.58. The largest absolute Gasteiger partial charge is 0.289 e. The van der Waals surface area contributed by atoms with E-state index in [1.54, 1.807) is 35.3 Å². The van der Waals surface area contributed by atoms with Gasteiger partial charge in [-0.2, -0.15) is 5.10 Å². The number of hydrogen-bond acceptors (Lipinski definition) is 5. The van der Waals surface area contributed by atoms with E-state index in [0.717, 1.165) is 22.1 Å². The van der Waals surface area contributed by atoms with E-state index in [-0.39, 0.29) is 17.2 Å². The first-order chi connectivity index (χ1) is 16.8. The highest BCUT2D eigenvalue weighted by Crippen LogP contribution is 2.23. The van der Waals surface area contributed by atoms with Crippen LogP contribution in [0.15, 0.2) is 90.1 Å². The molecule has 1 unspecified atom stereocenters. The summed E-state index contributed by atoms with van der Waals surface area (Å²) in [6.45, 7) is 1.81. The van der Waals surface area contributed by atoms with Crippen LogP contribution in [0.1, 0.15) is 24.1 Å². The van der Waals surface area contributed by atoms with Gasteiger partial charge in [0.2, 0.25) is 10.0 Å². The minimum atomic E-state index is -3.64. The molecule has 7 nitrogen and oxygen atoms in total. The van der Waals surface area contributed by atoms with Crippen molar-refractivity contribution in [2.45, 2.75) is 18.7 Å². The molecule has 0 bridgehead atoms. The van der Waals surface area contributed by atoms with Crippen LogP contribution in [0, 0.1) is 0 Å². The maximum Gasteiger partial charge on any atom is 0.216 e. The van der Waals surface area contributed by atoms with Crippen LogP contribution in [0.25, 0.3) is 32.8 Å². The van der Waals surface area contributed by atoms with Crippen molar-refractivity contribution in [1.82, 2.24) is 19.5 Å². The van der Waals surface area contributed by atoms with E-state index in [1.165, 1.54) is 0 Å². The Morgan fingerprint density at radius 2 is 1.71 bits per heavy atom. The fourth-order valence-electron chi connectivity index (χ4n) is 4.21. The molecule has 0 fully saturated rings. The van der Waals surface area contributed by atoms with Crippen molar-refractivity contribution in [2.24, 2.45) is 7.05 Å². The third-order valence-corrected chi connectivity index (χ3v) is 7.42. The average molecular weight is 485 g/mol. The number of hydrogen-bond donors (Lipinski definition) is 1. The van der Waals surface area contributed by atoms with Crippen LogP contribution in [0.2, 0.25) is 0 Å². The summed E-state index contributed by atoms with van der Waals surface area (Å²) in [5, 5.41) is 5.84. The third kappa shape index (κ3) is 4.84. The minimum Gasteiger partial charge on any atom is -0.289 e. The van der Waals surface area contributed by atoms with Gasteiger partial charge in [-0.3, -0.25) is 14.5 Å². The predicted molar refractivity (Wildman–Crippen MR) is 138 cm³/mol. The summed E-state index contributed by atoms with van der Waals surface area (Å²) in [6.07, 6.45) is 5.31. The molecule has 176 valence electrons. The number of rotatable bonds is 6. The van der Waals surface area contributed by atoms with Crippen molar-refractivity contribution >= 4 is 31.7 Å². The van der Waals surface area contributed by atoms with Crippen LogP contribution in [-0.4, -0.2) is 23.2 Å². The molecule has 0 spiro atoms. The summed E-state index contributed by atoms with van der Waals surface area (Å²) in [5.74, 6) is -0.227. The Morgan fingerprint density at radius 1 is 0.943 bits per heavy atom. The molecular weight excluding hydrogens is 460 g/mol. The maximum atomic E-state index is 13.5. The van der Waals surface area contributed by atoms with Gasteiger partial charge < -0.3 is 0 Å². The van der Waals surface area contributed by atoms with E-state index in [0.29, 0.717) is 21.9 Å². The van der Waals surface area contributed by atoms with E-state index < -0.39 is 10.0 Å². The van der Waals surface area contributed by atoms with Gasteiger partial charge in [0.15, 0.2) is 5.43 Å². The van der Waals surface area contributed by atoms with E-state index >= 15 is 0 Å². The number of sulfonamides is 1. The SMILES string of the molecule is CC(NS(=O)(=O)Cc1ccc2ccc3ncc(-c4cnn(C)c4)cc3c(=O)c2c1)c1ccccc1. The second kappa shape index (κ2) is 9.05. The first kappa shape index (κ1) is 22.9. The Bertz CT molecular complexity index is 1710. The van der Waals surface area contributed by atoms with Crippen molar-refractivity contribution in [1.29, 1.82) is 0 Å². The molecule has 0 amide bonds. The molecule has 0 aliphatic carbocycles. The lowest BCUT2D eigenvalue weighted by molar-refractivity contribution is 0.566. The topological polar surface area (TPSA) is 93.9 Å². The second-order valence-corrected chi connectivity index (χ2v) is 10.4. The highest BCUT2D eigenvalue weighted by Gasteiger charge is 2.17. The Labute approximate surface area is 203 Å². The lowest BCUT2D eigenvalue weighted by Crippen LogP contribution is -2.28. The van der Waals surface area contributed by atoms with Gasteiger partial charge in [-0.05, 0) is 41.6 Å². The van der Waals surface area contributed by atoms with E-state index in [4.69, 9.17) is 0 Å². The third-order valence-electron chi connectivity index (χ3n) is 6.00. The zero-order valence-electron chi connectivity index (χ0n) is 19.3. The molecule has 0 saturated heterocycles. The highest BCUT2D eigenvalue weighted by molar-refractivity contribution is 7.88. The zero-order chi connectivity index (χ0) is 24.6. The molecule has 0 aliphatic heterocycles. The molecule has 0 radical (unpaired) electrons. The molecule has 35 heavy (non-hydrogen) atoms. The first-order valence-corrected chi connectivity index (χ1v) is 12.8. The number of aryl methyl sites for hydroxylation is 1. The summed E-state index contributed by atoms with van der Waals surface area (Å²) < 4.78 is 30.2. The summed E-state index contributed by atoms with van der Waals surface area (Å²) >= 11 is 0. The average Bonchev–Trinajstić information content (AvgIpc) is 3.23. The molecule has 0 aliphatic rings. The zero-order valence-corrected chi connectivity index (χ0v) is 20.2. The van der Waals surface area contributed by atoms with E-state index in [2.05, 4.69) is 14.8 Å². The molecule has 2 heterocycles. The number of nitrogens with zero attached hydrogens (tertiary/aromatic N) is 3. The first-order valence-electron chi connectivity index (χ1n) is 11.2. The van der Waals surface area contributed by atoms with Gasteiger partial charge in [0.05, 0.1) is 17.5 Å². The Morgan fingerprint density at radius 3 is 2.46 bits per heavy atom. The number of nitrogens with one attached hydrogen (secondary N) is 1. The number of fused-ring (bicyclic) bond motifs is 2. The Balaban J connectivity index is 1.52. The van der Waals surface area contributed by atoms with E-state index in [1.807, 2.05) is 68.7 Å². The van der Waals surface area contributed by atoms with Crippen molar-refractivity contribution < 1.29 is 8.42 Å². The van der Waals surface area contributed by atoms with Crippen LogP contribution < -0.4 is 10.2 Å². The fraction of sp³-hybridized carbons (Fsp3) is 0.148. The Kier molecular flexibility index (Phi) is 5.92. The van der Waals surface area contributed by atoms with Crippen LogP contribution in [0.5, 0.6) is 0 Å². The smallest absolute Gasteiger partial charge is 0.216 e. The molecule has 3 aromatic carbocycles. The van der Waals surface area contributed by atoms with Crippen molar-refractivity contribution in [3.8, 4) is 11.1 Å². The van der Waals surface area contributed by atoms with Gasteiger partial charge in [-0.25, -0.2) is 13.1 Å². The number of benzene rings is 2. The molecular formula is C27H24N4O3S. The molecule has 5 aromatic rings. The normalized spacial score (nSPS) is 12.7. The lowest BCUT2D eigenvalue weighted by atomic mass is 10.1. The summed E-state index contributed by atoms with van der Waals surface area (Å²) in [7, 11) is -1.81. The molecule has 5 rings (SSSR count). The Hall–Kier alpha value is -3.88. The lowest BCUT2D eigenvalue weighted by Gasteiger charge is -2.14. The van der Waals surface area contributed by atoms with Crippen molar-refractivity contribution in [2.75, 3.05) is 0 Å². The van der Waals surface area contributed by atoms with Crippen LogP contribution in [0.4, 0.5) is 0 Å². The monoisotopic (exact) mass is 484 g/mol. The van der Waals surface area contributed by atoms with Crippen LogP contribution in [0.3, 0.4) is 0 Å². The molecule has 2 aromatic heterocycles. The standard InChI is InChI=1S/C27H24N4O3S/c1-18(20-6-4-3-5-7-20)30-35(33,34)17-19-8-9-21-10-11-26-25(27(32)24(21)12-19)13-22(14-28-26)23-15-29-31(2)16-23/h3-16,18,30H,17H2,1-2H3. The highest BCUT2D eigenvalue weighted by atomic mass is 32.2. The summed E-state index contributed by atoms with van der Waals surface area (Å²) in [4.78, 5) is 18.0. The van der Waals surface area contributed by atoms with Gasteiger partial charge in [-0.15, -0.1) is 0 Å². The quantitative estimate of drug-likeness (QED) is 0.387. The molecule has 1 atom stereocenters. The van der Waals surface area contributed by atoms with Gasteiger partial charge in [0, 0.05) is 47.4 Å². The second-order valence-electron chi connectivity index (χ2n) is 8.65. The number of pyridine rings is 1. The van der Waals surface area contributed by atoms with Gasteiger partial charge in [0.25, 0.3) is 0 Å². The van der Waals surface area contributed by atoms with E-state index in [9.17, 15) is 13.2 Å². The predicted octanol–water partition coefficient (Wildman–Crippen LogP) is 4.33. The number of aromatic nitrogens is 3. The van der Waals surface area contributed by atoms with Crippen molar-refractivity contribution in [3.63, 3.8) is 0 Å². The van der Waals surface area contributed by atoms with Gasteiger partial charge in [-0.1, -0.05) is 48.5 Å². The van der Waals surface area contributed by atoms with Crippen LogP contribution in [-0.2, 0) is 22.8 Å². The minimum absolute atomic E-state index is 0.192. The van der Waals surface area contributed by atoms with Crippen molar-refractivity contribution in [3.05, 3.63) is 107 Å². The molecule has 1 N–H and O–H groups in total. The van der Waals surface area contributed by atoms with Crippen LogP contribution >= 0.6 is 0 Å². The maximum absolute atomic E-state index is 13.5.